The summed E-state index contributed by atoms with van der Waals surface area (Å²) in [6.45, 7) is 3.05. The van der Waals surface area contributed by atoms with Gasteiger partial charge in [-0.2, -0.15) is 5.10 Å². The van der Waals surface area contributed by atoms with Gasteiger partial charge in [0.2, 0.25) is 6.10 Å². The number of aryl methyl sites for hydroxylation is 1. The van der Waals surface area contributed by atoms with E-state index < -0.39 is 6.10 Å². The Hall–Kier alpha value is -2.34. The molecule has 2 aromatic rings. The van der Waals surface area contributed by atoms with Crippen LogP contribution in [-0.2, 0) is 16.2 Å². The van der Waals surface area contributed by atoms with Gasteiger partial charge in [-0.1, -0.05) is 28.9 Å². The van der Waals surface area contributed by atoms with Crippen LogP contribution in [0.2, 0.25) is 5.02 Å². The number of nitrogens with zero attached hydrogens (tertiary/aromatic N) is 3. The SMILES string of the molecule is Cc1ccn(CCNC(=O)[C@@H]2CC(c3ccc(Cl)cc3)=NO2)n1. The average molecular weight is 333 g/mol. The molecule has 0 spiro atoms. The molecule has 0 fully saturated rings. The van der Waals surface area contributed by atoms with E-state index in [4.69, 9.17) is 16.4 Å². The Morgan fingerprint density at radius 2 is 2.17 bits per heavy atom. The van der Waals surface area contributed by atoms with Gasteiger partial charge in [-0.3, -0.25) is 9.48 Å². The number of benzene rings is 1. The second-order valence-corrected chi connectivity index (χ2v) is 5.79. The number of nitrogens with one attached hydrogen (secondary N) is 1. The molecule has 120 valence electrons. The van der Waals surface area contributed by atoms with E-state index in [2.05, 4.69) is 15.6 Å². The lowest BCUT2D eigenvalue weighted by Gasteiger charge is -2.09. The molecule has 0 bridgehead atoms. The lowest BCUT2D eigenvalue weighted by atomic mass is 10.0. The highest BCUT2D eigenvalue weighted by Gasteiger charge is 2.28. The van der Waals surface area contributed by atoms with E-state index in [-0.39, 0.29) is 5.91 Å². The van der Waals surface area contributed by atoms with Crippen molar-refractivity contribution in [3.8, 4) is 0 Å². The first kappa shape index (κ1) is 15.6. The summed E-state index contributed by atoms with van der Waals surface area (Å²) in [7, 11) is 0. The van der Waals surface area contributed by atoms with Gasteiger partial charge >= 0.3 is 0 Å². The van der Waals surface area contributed by atoms with Gasteiger partial charge in [0.05, 0.1) is 18.0 Å². The first-order valence-electron chi connectivity index (χ1n) is 7.38. The molecule has 0 radical (unpaired) electrons. The Kier molecular flexibility index (Phi) is 4.62. The number of hydrogen-bond donors (Lipinski definition) is 1. The summed E-state index contributed by atoms with van der Waals surface area (Å²) < 4.78 is 1.79. The molecule has 7 heteroatoms. The molecule has 6 nitrogen and oxygen atoms in total. The minimum Gasteiger partial charge on any atom is -0.382 e. The molecule has 0 aliphatic carbocycles. The molecule has 0 unspecified atom stereocenters. The highest BCUT2D eigenvalue weighted by Crippen LogP contribution is 2.18. The highest BCUT2D eigenvalue weighted by molar-refractivity contribution is 6.30. The molecule has 1 N–H and O–H groups in total. The zero-order valence-electron chi connectivity index (χ0n) is 12.7. The molecular weight excluding hydrogens is 316 g/mol. The zero-order valence-corrected chi connectivity index (χ0v) is 13.5. The van der Waals surface area contributed by atoms with Crippen molar-refractivity contribution in [3.63, 3.8) is 0 Å². The Bertz CT molecular complexity index is 724. The predicted molar refractivity (Wildman–Crippen MR) is 87.5 cm³/mol. The number of rotatable bonds is 5. The van der Waals surface area contributed by atoms with Crippen molar-refractivity contribution in [3.05, 3.63) is 52.8 Å². The summed E-state index contributed by atoms with van der Waals surface area (Å²) in [5.74, 6) is -0.165. The summed E-state index contributed by atoms with van der Waals surface area (Å²) in [6.07, 6.45) is 1.75. The molecular formula is C16H17ClN4O2. The van der Waals surface area contributed by atoms with Gasteiger partial charge in [-0.05, 0) is 30.7 Å². The quantitative estimate of drug-likeness (QED) is 0.912. The van der Waals surface area contributed by atoms with Gasteiger partial charge in [0.1, 0.15) is 0 Å². The van der Waals surface area contributed by atoms with Crippen LogP contribution < -0.4 is 5.32 Å². The lowest BCUT2D eigenvalue weighted by molar-refractivity contribution is -0.131. The molecule has 1 aromatic heterocycles. The first-order chi connectivity index (χ1) is 11.1. The second kappa shape index (κ2) is 6.83. The third-order valence-corrected chi connectivity index (χ3v) is 3.80. The predicted octanol–water partition coefficient (Wildman–Crippen LogP) is 2.15. The molecule has 3 rings (SSSR count). The number of carbonyl (C=O) groups is 1. The van der Waals surface area contributed by atoms with Crippen LogP contribution in [-0.4, -0.2) is 34.0 Å². The zero-order chi connectivity index (χ0) is 16.2. The van der Waals surface area contributed by atoms with Crippen molar-refractivity contribution >= 4 is 23.2 Å². The lowest BCUT2D eigenvalue weighted by Crippen LogP contribution is -2.36. The van der Waals surface area contributed by atoms with Crippen molar-refractivity contribution in [2.45, 2.75) is 26.0 Å². The topological polar surface area (TPSA) is 68.5 Å². The minimum atomic E-state index is -0.583. The van der Waals surface area contributed by atoms with Gasteiger partial charge < -0.3 is 10.2 Å². The Balaban J connectivity index is 1.47. The van der Waals surface area contributed by atoms with Crippen LogP contribution in [0.4, 0.5) is 0 Å². The van der Waals surface area contributed by atoms with Crippen LogP contribution in [0, 0.1) is 6.92 Å². The highest BCUT2D eigenvalue weighted by atomic mass is 35.5. The fourth-order valence-corrected chi connectivity index (χ4v) is 2.45. The molecule has 1 aliphatic heterocycles. The second-order valence-electron chi connectivity index (χ2n) is 5.35. The summed E-state index contributed by atoms with van der Waals surface area (Å²) in [6, 6.07) is 9.24. The first-order valence-corrected chi connectivity index (χ1v) is 7.76. The Morgan fingerprint density at radius 1 is 1.39 bits per heavy atom. The normalized spacial score (nSPS) is 16.8. The summed E-state index contributed by atoms with van der Waals surface area (Å²) >= 11 is 5.86. The molecule has 23 heavy (non-hydrogen) atoms. The minimum absolute atomic E-state index is 0.165. The van der Waals surface area contributed by atoms with E-state index in [1.165, 1.54) is 0 Å². The third-order valence-electron chi connectivity index (χ3n) is 3.55. The van der Waals surface area contributed by atoms with Crippen molar-refractivity contribution in [2.24, 2.45) is 5.16 Å². The average Bonchev–Trinajstić information content (AvgIpc) is 3.17. The maximum Gasteiger partial charge on any atom is 0.264 e. The Morgan fingerprint density at radius 3 is 2.87 bits per heavy atom. The Labute approximate surface area is 139 Å². The molecule has 2 heterocycles. The van der Waals surface area contributed by atoms with Crippen molar-refractivity contribution < 1.29 is 9.63 Å². The van der Waals surface area contributed by atoms with E-state index in [1.54, 1.807) is 16.8 Å². The summed E-state index contributed by atoms with van der Waals surface area (Å²) in [5, 5.41) is 11.8. The van der Waals surface area contributed by atoms with Gasteiger partial charge in [0, 0.05) is 24.2 Å². The summed E-state index contributed by atoms with van der Waals surface area (Å²) in [4.78, 5) is 17.4. The molecule has 1 aromatic carbocycles. The molecule has 0 saturated heterocycles. The van der Waals surface area contributed by atoms with Crippen LogP contribution in [0.5, 0.6) is 0 Å². The van der Waals surface area contributed by atoms with Crippen LogP contribution in [0.25, 0.3) is 0 Å². The number of carbonyl (C=O) groups excluding carboxylic acids is 1. The number of amides is 1. The maximum absolute atomic E-state index is 12.1. The fourth-order valence-electron chi connectivity index (χ4n) is 2.33. The number of aromatic nitrogens is 2. The number of halogens is 1. The van der Waals surface area contributed by atoms with E-state index in [9.17, 15) is 4.79 Å². The van der Waals surface area contributed by atoms with E-state index >= 15 is 0 Å². The smallest absolute Gasteiger partial charge is 0.264 e. The monoisotopic (exact) mass is 332 g/mol. The van der Waals surface area contributed by atoms with Gasteiger partial charge in [0.15, 0.2) is 0 Å². The molecule has 0 saturated carbocycles. The molecule has 1 amide bonds. The fraction of sp³-hybridized carbons (Fsp3) is 0.312. The van der Waals surface area contributed by atoms with E-state index in [0.717, 1.165) is 17.0 Å². The van der Waals surface area contributed by atoms with Gasteiger partial charge in [-0.25, -0.2) is 0 Å². The van der Waals surface area contributed by atoms with E-state index in [0.29, 0.717) is 24.5 Å². The van der Waals surface area contributed by atoms with Crippen LogP contribution >= 0.6 is 11.6 Å². The maximum atomic E-state index is 12.1. The summed E-state index contributed by atoms with van der Waals surface area (Å²) in [5.41, 5.74) is 2.62. The third kappa shape index (κ3) is 3.90. The largest absolute Gasteiger partial charge is 0.382 e. The van der Waals surface area contributed by atoms with Crippen LogP contribution in [0.15, 0.2) is 41.7 Å². The van der Waals surface area contributed by atoms with Gasteiger partial charge in [-0.15, -0.1) is 0 Å². The van der Waals surface area contributed by atoms with E-state index in [1.807, 2.05) is 31.3 Å². The van der Waals surface area contributed by atoms with Gasteiger partial charge in [0.25, 0.3) is 5.91 Å². The van der Waals surface area contributed by atoms with Crippen molar-refractivity contribution in [1.29, 1.82) is 0 Å². The molecule has 1 aliphatic rings. The standard InChI is InChI=1S/C16H17ClN4O2/c1-11-6-8-21(19-11)9-7-18-16(22)15-10-14(20-23-15)12-2-4-13(17)5-3-12/h2-6,8,15H,7,9-10H2,1H3,(H,18,22)/t15-/m0/s1. The van der Waals surface area contributed by atoms with Crippen LogP contribution in [0.1, 0.15) is 17.7 Å². The van der Waals surface area contributed by atoms with Crippen molar-refractivity contribution in [2.75, 3.05) is 6.54 Å². The molecule has 1 atom stereocenters. The van der Waals surface area contributed by atoms with Crippen LogP contribution in [0.3, 0.4) is 0 Å². The van der Waals surface area contributed by atoms with Crippen molar-refractivity contribution in [1.82, 2.24) is 15.1 Å². The number of hydrogen-bond acceptors (Lipinski definition) is 4. The number of oxime groups is 1.